The van der Waals surface area contributed by atoms with Crippen molar-refractivity contribution in [2.75, 3.05) is 0 Å². The minimum atomic E-state index is -0.927. The van der Waals surface area contributed by atoms with E-state index in [1.54, 1.807) is 0 Å². The second kappa shape index (κ2) is 7.41. The number of aliphatic carboxylic acids is 1. The van der Waals surface area contributed by atoms with Gasteiger partial charge in [0, 0.05) is 12.3 Å². The van der Waals surface area contributed by atoms with Gasteiger partial charge in [-0.15, -0.1) is 11.3 Å². The number of rotatable bonds is 6. The molecule has 5 nitrogen and oxygen atoms in total. The van der Waals surface area contributed by atoms with Crippen LogP contribution in [0.15, 0.2) is 39.6 Å². The minimum absolute atomic E-state index is 0.102. The summed E-state index contributed by atoms with van der Waals surface area (Å²) in [6.07, 6.45) is -0.102. The third-order valence-electron chi connectivity index (χ3n) is 3.94. The van der Waals surface area contributed by atoms with E-state index in [9.17, 15) is 9.59 Å². The lowest BCUT2D eigenvalue weighted by Gasteiger charge is -2.12. The van der Waals surface area contributed by atoms with Gasteiger partial charge in [0.15, 0.2) is 5.16 Å². The Morgan fingerprint density at radius 1 is 1.32 bits per heavy atom. The summed E-state index contributed by atoms with van der Waals surface area (Å²) in [5.74, 6) is -0.244. The van der Waals surface area contributed by atoms with Gasteiger partial charge in [-0.05, 0) is 36.4 Å². The number of nitrogens with zero attached hydrogens (tertiary/aromatic N) is 2. The number of aromatic nitrogens is 2. The SMILES string of the molecule is Cc1ccc(C)c(CSc2nc3ccsc3c(=O)n2CCC(=O)O)c1. The highest BCUT2D eigenvalue weighted by Crippen LogP contribution is 2.25. The molecule has 130 valence electrons. The van der Waals surface area contributed by atoms with Crippen LogP contribution >= 0.6 is 23.1 Å². The van der Waals surface area contributed by atoms with Crippen molar-refractivity contribution >= 4 is 39.3 Å². The molecule has 0 aliphatic heterocycles. The average molecular weight is 374 g/mol. The molecule has 0 saturated carbocycles. The molecule has 0 atom stereocenters. The Morgan fingerprint density at radius 2 is 2.12 bits per heavy atom. The monoisotopic (exact) mass is 374 g/mol. The van der Waals surface area contributed by atoms with Gasteiger partial charge in [-0.25, -0.2) is 4.98 Å². The van der Waals surface area contributed by atoms with Gasteiger partial charge in [-0.1, -0.05) is 35.5 Å². The third kappa shape index (κ3) is 3.93. The molecular weight excluding hydrogens is 356 g/mol. The molecule has 25 heavy (non-hydrogen) atoms. The number of hydrogen-bond acceptors (Lipinski definition) is 5. The fourth-order valence-corrected chi connectivity index (χ4v) is 4.40. The molecule has 0 spiro atoms. The molecule has 0 aliphatic carbocycles. The summed E-state index contributed by atoms with van der Waals surface area (Å²) in [5.41, 5.74) is 4.07. The highest BCUT2D eigenvalue weighted by Gasteiger charge is 2.14. The summed E-state index contributed by atoms with van der Waals surface area (Å²) in [6, 6.07) is 8.11. The highest BCUT2D eigenvalue weighted by atomic mass is 32.2. The lowest BCUT2D eigenvalue weighted by molar-refractivity contribution is -0.137. The quantitative estimate of drug-likeness (QED) is 0.524. The molecule has 0 fully saturated rings. The smallest absolute Gasteiger partial charge is 0.305 e. The summed E-state index contributed by atoms with van der Waals surface area (Å²) >= 11 is 2.81. The van der Waals surface area contributed by atoms with Crippen molar-refractivity contribution in [1.29, 1.82) is 0 Å². The molecule has 0 radical (unpaired) electrons. The molecule has 0 aliphatic rings. The van der Waals surface area contributed by atoms with Gasteiger partial charge in [-0.2, -0.15) is 0 Å². The number of aryl methyl sites for hydroxylation is 2. The Kier molecular flexibility index (Phi) is 5.24. The first-order valence-corrected chi connectivity index (χ1v) is 9.71. The number of carboxylic acid groups (broad SMARTS) is 1. The predicted octanol–water partition coefficient (Wildman–Crippen LogP) is 3.84. The summed E-state index contributed by atoms with van der Waals surface area (Å²) in [7, 11) is 0. The lowest BCUT2D eigenvalue weighted by Crippen LogP contribution is -2.23. The van der Waals surface area contributed by atoms with Crippen LogP contribution in [0, 0.1) is 13.8 Å². The zero-order valence-electron chi connectivity index (χ0n) is 14.0. The summed E-state index contributed by atoms with van der Waals surface area (Å²) < 4.78 is 2.06. The van der Waals surface area contributed by atoms with Crippen molar-refractivity contribution < 1.29 is 9.90 Å². The van der Waals surface area contributed by atoms with Crippen molar-refractivity contribution in [2.24, 2.45) is 0 Å². The van der Waals surface area contributed by atoms with Crippen molar-refractivity contribution in [3.05, 3.63) is 56.7 Å². The number of thiophene rings is 1. The second-order valence-corrected chi connectivity index (χ2v) is 7.71. The molecular formula is C18H18N2O3S2. The zero-order chi connectivity index (χ0) is 18.0. The predicted molar refractivity (Wildman–Crippen MR) is 102 cm³/mol. The standard InChI is InChI=1S/C18H18N2O3S2/c1-11-3-4-12(2)13(9-11)10-25-18-19-14-6-8-24-16(14)17(23)20(18)7-5-15(21)22/h3-4,6,8-9H,5,7,10H2,1-2H3,(H,21,22). The van der Waals surface area contributed by atoms with E-state index in [-0.39, 0.29) is 18.5 Å². The molecule has 0 unspecified atom stereocenters. The van der Waals surface area contributed by atoms with Crippen LogP contribution in [0.5, 0.6) is 0 Å². The number of hydrogen-bond donors (Lipinski definition) is 1. The van der Waals surface area contributed by atoms with E-state index >= 15 is 0 Å². The van der Waals surface area contributed by atoms with Crippen molar-refractivity contribution in [2.45, 2.75) is 37.7 Å². The number of fused-ring (bicyclic) bond motifs is 1. The van der Waals surface area contributed by atoms with Crippen LogP contribution in [0.25, 0.3) is 10.2 Å². The number of carbonyl (C=O) groups is 1. The second-order valence-electron chi connectivity index (χ2n) is 5.85. The largest absolute Gasteiger partial charge is 0.481 e. The van der Waals surface area contributed by atoms with E-state index < -0.39 is 5.97 Å². The van der Waals surface area contributed by atoms with E-state index in [4.69, 9.17) is 5.11 Å². The van der Waals surface area contributed by atoms with Gasteiger partial charge in [0.25, 0.3) is 5.56 Å². The summed E-state index contributed by atoms with van der Waals surface area (Å²) in [5, 5.41) is 11.4. The van der Waals surface area contributed by atoms with Gasteiger partial charge in [-0.3, -0.25) is 14.2 Å². The number of carboxylic acids is 1. The highest BCUT2D eigenvalue weighted by molar-refractivity contribution is 7.98. The Hall–Kier alpha value is -2.12. The maximum Gasteiger partial charge on any atom is 0.305 e. The maximum atomic E-state index is 12.7. The molecule has 7 heteroatoms. The van der Waals surface area contributed by atoms with Crippen LogP contribution in [0.4, 0.5) is 0 Å². The first-order valence-electron chi connectivity index (χ1n) is 7.84. The van der Waals surface area contributed by atoms with Crippen LogP contribution in [-0.4, -0.2) is 20.6 Å². The van der Waals surface area contributed by atoms with E-state index in [0.717, 1.165) is 0 Å². The fraction of sp³-hybridized carbons (Fsp3) is 0.278. The normalized spacial score (nSPS) is 11.1. The zero-order valence-corrected chi connectivity index (χ0v) is 15.6. The maximum absolute atomic E-state index is 12.7. The molecule has 2 aromatic heterocycles. The van der Waals surface area contributed by atoms with Crippen LogP contribution in [0.2, 0.25) is 0 Å². The topological polar surface area (TPSA) is 72.2 Å². The van der Waals surface area contributed by atoms with E-state index in [1.807, 2.05) is 18.4 Å². The van der Waals surface area contributed by atoms with Crippen LogP contribution < -0.4 is 5.56 Å². The molecule has 3 aromatic rings. The van der Waals surface area contributed by atoms with Crippen LogP contribution in [-0.2, 0) is 17.1 Å². The number of benzene rings is 1. The van der Waals surface area contributed by atoms with Gasteiger partial charge >= 0.3 is 5.97 Å². The van der Waals surface area contributed by atoms with Crippen LogP contribution in [0.3, 0.4) is 0 Å². The van der Waals surface area contributed by atoms with Crippen LogP contribution in [0.1, 0.15) is 23.1 Å². The molecule has 0 amide bonds. The fourth-order valence-electron chi connectivity index (χ4n) is 2.54. The Balaban J connectivity index is 1.95. The van der Waals surface area contributed by atoms with E-state index in [1.165, 1.54) is 44.4 Å². The average Bonchev–Trinajstić information content (AvgIpc) is 3.03. The first kappa shape index (κ1) is 17.7. The van der Waals surface area contributed by atoms with E-state index in [0.29, 0.717) is 21.1 Å². The Morgan fingerprint density at radius 3 is 2.88 bits per heavy atom. The lowest BCUT2D eigenvalue weighted by atomic mass is 10.1. The van der Waals surface area contributed by atoms with Gasteiger partial charge in [0.1, 0.15) is 4.70 Å². The van der Waals surface area contributed by atoms with Crippen molar-refractivity contribution in [3.63, 3.8) is 0 Å². The summed E-state index contributed by atoms with van der Waals surface area (Å²) in [4.78, 5) is 28.2. The Labute approximate surface area is 153 Å². The Bertz CT molecular complexity index is 992. The molecule has 1 aromatic carbocycles. The minimum Gasteiger partial charge on any atom is -0.481 e. The van der Waals surface area contributed by atoms with E-state index in [2.05, 4.69) is 30.1 Å². The van der Waals surface area contributed by atoms with Gasteiger partial charge in [0.05, 0.1) is 11.9 Å². The third-order valence-corrected chi connectivity index (χ3v) is 5.86. The van der Waals surface area contributed by atoms with Gasteiger partial charge in [0.2, 0.25) is 0 Å². The molecule has 0 saturated heterocycles. The van der Waals surface area contributed by atoms with Gasteiger partial charge < -0.3 is 5.11 Å². The van der Waals surface area contributed by atoms with Crippen molar-refractivity contribution in [3.8, 4) is 0 Å². The molecule has 3 rings (SSSR count). The molecule has 0 bridgehead atoms. The number of thioether (sulfide) groups is 1. The van der Waals surface area contributed by atoms with Crippen molar-refractivity contribution in [1.82, 2.24) is 9.55 Å². The molecule has 1 N–H and O–H groups in total. The molecule has 2 heterocycles. The summed E-state index contributed by atoms with van der Waals surface area (Å²) in [6.45, 7) is 4.23. The first-order chi connectivity index (χ1) is 12.0.